The van der Waals surface area contributed by atoms with Crippen molar-refractivity contribution in [3.63, 3.8) is 0 Å². The van der Waals surface area contributed by atoms with E-state index in [-0.39, 0.29) is 0 Å². The van der Waals surface area contributed by atoms with Crippen molar-refractivity contribution in [2.75, 3.05) is 10.6 Å². The highest BCUT2D eigenvalue weighted by Crippen LogP contribution is 2.29. The molecule has 0 fully saturated rings. The molecule has 0 aliphatic rings. The average molecular weight is 367 g/mol. The van der Waals surface area contributed by atoms with Crippen LogP contribution in [0.3, 0.4) is 0 Å². The van der Waals surface area contributed by atoms with E-state index < -0.39 is 0 Å². The van der Waals surface area contributed by atoms with Crippen LogP contribution in [-0.2, 0) is 13.1 Å². The zero-order valence-electron chi connectivity index (χ0n) is 12.8. The number of hydrogen-bond donors (Lipinski definition) is 1. The summed E-state index contributed by atoms with van der Waals surface area (Å²) in [5.41, 5.74) is 10.6. The van der Waals surface area contributed by atoms with Crippen LogP contribution >= 0.6 is 15.9 Å². The van der Waals surface area contributed by atoms with Gasteiger partial charge in [-0.15, -0.1) is 0 Å². The van der Waals surface area contributed by atoms with Crippen LogP contribution in [0.4, 0.5) is 11.4 Å². The molecule has 0 aromatic heterocycles. The van der Waals surface area contributed by atoms with E-state index in [4.69, 9.17) is 5.73 Å². The van der Waals surface area contributed by atoms with Gasteiger partial charge in [-0.2, -0.15) is 0 Å². The van der Waals surface area contributed by atoms with E-state index in [9.17, 15) is 0 Å². The number of nitrogens with two attached hydrogens (primary N) is 1. The summed E-state index contributed by atoms with van der Waals surface area (Å²) in [4.78, 5) is 2.31. The molecule has 0 atom stereocenters. The molecule has 3 rings (SSSR count). The van der Waals surface area contributed by atoms with E-state index in [0.717, 1.165) is 28.9 Å². The van der Waals surface area contributed by atoms with Crippen molar-refractivity contribution in [2.45, 2.75) is 13.1 Å². The first-order chi connectivity index (χ1) is 11.2. The van der Waals surface area contributed by atoms with E-state index in [2.05, 4.69) is 75.4 Å². The van der Waals surface area contributed by atoms with Crippen LogP contribution in [-0.4, -0.2) is 0 Å². The number of anilines is 2. The fraction of sp³-hybridized carbons (Fsp3) is 0.100. The largest absolute Gasteiger partial charge is 0.397 e. The van der Waals surface area contributed by atoms with Crippen molar-refractivity contribution in [3.05, 3.63) is 94.5 Å². The van der Waals surface area contributed by atoms with Crippen molar-refractivity contribution in [1.29, 1.82) is 0 Å². The molecule has 0 spiro atoms. The van der Waals surface area contributed by atoms with Crippen LogP contribution in [0.1, 0.15) is 11.1 Å². The van der Waals surface area contributed by atoms with Crippen molar-refractivity contribution in [1.82, 2.24) is 0 Å². The lowest BCUT2D eigenvalue weighted by Crippen LogP contribution is -2.23. The molecule has 2 N–H and O–H groups in total. The Morgan fingerprint density at radius 3 is 1.74 bits per heavy atom. The summed E-state index contributed by atoms with van der Waals surface area (Å²) in [5.74, 6) is 0. The molecular weight excluding hydrogens is 348 g/mol. The van der Waals surface area contributed by atoms with Gasteiger partial charge >= 0.3 is 0 Å². The maximum Gasteiger partial charge on any atom is 0.0606 e. The minimum atomic E-state index is 0.784. The van der Waals surface area contributed by atoms with Gasteiger partial charge in [0, 0.05) is 17.6 Å². The molecule has 2 nitrogen and oxygen atoms in total. The fourth-order valence-electron chi connectivity index (χ4n) is 2.65. The predicted octanol–water partition coefficient (Wildman–Crippen LogP) is 5.24. The Kier molecular flexibility index (Phi) is 4.99. The molecule has 0 heterocycles. The first-order valence-electron chi connectivity index (χ1n) is 7.60. The van der Waals surface area contributed by atoms with Crippen molar-refractivity contribution in [2.24, 2.45) is 0 Å². The monoisotopic (exact) mass is 366 g/mol. The molecule has 0 aliphatic heterocycles. The van der Waals surface area contributed by atoms with Gasteiger partial charge in [0.2, 0.25) is 0 Å². The first-order valence-corrected chi connectivity index (χ1v) is 8.39. The maximum absolute atomic E-state index is 6.26. The zero-order valence-corrected chi connectivity index (χ0v) is 14.4. The summed E-state index contributed by atoms with van der Waals surface area (Å²) < 4.78 is 0.998. The maximum atomic E-state index is 6.26. The molecule has 0 amide bonds. The summed E-state index contributed by atoms with van der Waals surface area (Å²) in [5, 5.41) is 0. The SMILES string of the molecule is Nc1cc(Br)ccc1N(Cc1ccccc1)Cc1ccccc1. The Morgan fingerprint density at radius 2 is 1.26 bits per heavy atom. The fourth-order valence-corrected chi connectivity index (χ4v) is 3.03. The predicted molar refractivity (Wildman–Crippen MR) is 101 cm³/mol. The lowest BCUT2D eigenvalue weighted by Gasteiger charge is -2.26. The van der Waals surface area contributed by atoms with E-state index in [0.29, 0.717) is 0 Å². The van der Waals surface area contributed by atoms with E-state index >= 15 is 0 Å². The van der Waals surface area contributed by atoms with Crippen LogP contribution < -0.4 is 10.6 Å². The molecule has 3 aromatic rings. The molecule has 116 valence electrons. The molecule has 0 unspecified atom stereocenters. The van der Waals surface area contributed by atoms with Crippen LogP contribution in [0.5, 0.6) is 0 Å². The van der Waals surface area contributed by atoms with Gasteiger partial charge in [-0.25, -0.2) is 0 Å². The van der Waals surface area contributed by atoms with E-state index in [1.54, 1.807) is 0 Å². The quantitative estimate of drug-likeness (QED) is 0.625. The summed E-state index contributed by atoms with van der Waals surface area (Å²) in [7, 11) is 0. The number of rotatable bonds is 5. The van der Waals surface area contributed by atoms with Gasteiger partial charge in [0.05, 0.1) is 11.4 Å². The van der Waals surface area contributed by atoms with Gasteiger partial charge in [-0.1, -0.05) is 76.6 Å². The van der Waals surface area contributed by atoms with Crippen molar-refractivity contribution in [3.8, 4) is 0 Å². The van der Waals surface area contributed by atoms with E-state index in [1.165, 1.54) is 11.1 Å². The van der Waals surface area contributed by atoms with Gasteiger partial charge in [0.25, 0.3) is 0 Å². The minimum Gasteiger partial charge on any atom is -0.397 e. The van der Waals surface area contributed by atoms with Crippen LogP contribution in [0.2, 0.25) is 0 Å². The van der Waals surface area contributed by atoms with Gasteiger partial charge in [-0.05, 0) is 29.3 Å². The molecular formula is C20H19BrN2. The minimum absolute atomic E-state index is 0.784. The van der Waals surface area contributed by atoms with Gasteiger partial charge in [0.1, 0.15) is 0 Å². The molecule has 3 heteroatoms. The summed E-state index contributed by atoms with van der Waals surface area (Å²) in [6.45, 7) is 1.64. The second-order valence-corrected chi connectivity index (χ2v) is 6.45. The Balaban J connectivity index is 1.92. The van der Waals surface area contributed by atoms with Crippen molar-refractivity contribution >= 4 is 27.3 Å². The Labute approximate surface area is 145 Å². The molecule has 0 aliphatic carbocycles. The second kappa shape index (κ2) is 7.34. The van der Waals surface area contributed by atoms with E-state index in [1.807, 2.05) is 24.3 Å². The molecule has 0 radical (unpaired) electrons. The Bertz CT molecular complexity index is 716. The zero-order chi connectivity index (χ0) is 16.1. The molecule has 0 saturated carbocycles. The third kappa shape index (κ3) is 4.14. The van der Waals surface area contributed by atoms with Gasteiger partial charge in [-0.3, -0.25) is 0 Å². The highest BCUT2D eigenvalue weighted by Gasteiger charge is 2.11. The van der Waals surface area contributed by atoms with Crippen LogP contribution in [0.15, 0.2) is 83.3 Å². The average Bonchev–Trinajstić information content (AvgIpc) is 2.56. The summed E-state index contributed by atoms with van der Waals surface area (Å²) in [6.07, 6.45) is 0. The first kappa shape index (κ1) is 15.6. The number of halogens is 1. The molecule has 0 bridgehead atoms. The van der Waals surface area contributed by atoms with Crippen molar-refractivity contribution < 1.29 is 0 Å². The molecule has 0 saturated heterocycles. The number of nitrogen functional groups attached to an aromatic ring is 1. The van der Waals surface area contributed by atoms with Crippen LogP contribution in [0.25, 0.3) is 0 Å². The number of hydrogen-bond acceptors (Lipinski definition) is 2. The highest BCUT2D eigenvalue weighted by molar-refractivity contribution is 9.10. The molecule has 3 aromatic carbocycles. The smallest absolute Gasteiger partial charge is 0.0606 e. The highest BCUT2D eigenvalue weighted by atomic mass is 79.9. The number of nitrogens with zero attached hydrogens (tertiary/aromatic N) is 1. The van der Waals surface area contributed by atoms with Gasteiger partial charge < -0.3 is 10.6 Å². The lowest BCUT2D eigenvalue weighted by atomic mass is 10.1. The third-order valence-corrected chi connectivity index (χ3v) is 4.26. The van der Waals surface area contributed by atoms with Gasteiger partial charge in [0.15, 0.2) is 0 Å². The third-order valence-electron chi connectivity index (χ3n) is 3.76. The summed E-state index contributed by atoms with van der Waals surface area (Å²) >= 11 is 3.48. The Morgan fingerprint density at radius 1 is 0.739 bits per heavy atom. The topological polar surface area (TPSA) is 29.3 Å². The second-order valence-electron chi connectivity index (χ2n) is 5.53. The Hall–Kier alpha value is -2.26. The molecule has 23 heavy (non-hydrogen) atoms. The number of benzene rings is 3. The standard InChI is InChI=1S/C20H19BrN2/c21-18-11-12-20(19(22)13-18)23(14-16-7-3-1-4-8-16)15-17-9-5-2-6-10-17/h1-13H,14-15,22H2. The normalized spacial score (nSPS) is 10.5. The van der Waals surface area contributed by atoms with Crippen LogP contribution in [0, 0.1) is 0 Å². The summed E-state index contributed by atoms with van der Waals surface area (Å²) in [6, 6.07) is 27.0. The lowest BCUT2D eigenvalue weighted by molar-refractivity contribution is 0.801.